The summed E-state index contributed by atoms with van der Waals surface area (Å²) in [5, 5.41) is 3.78. The average Bonchev–Trinajstić information content (AvgIpc) is 2.53. The zero-order valence-corrected chi connectivity index (χ0v) is 13.6. The Kier molecular flexibility index (Phi) is 5.68. The molecule has 104 valence electrons. The predicted octanol–water partition coefficient (Wildman–Crippen LogP) is 4.23. The molecular weight excluding hydrogens is 334 g/mol. The topological polar surface area (TPSA) is 29.1 Å². The zero-order valence-electron chi connectivity index (χ0n) is 11.2. The van der Waals surface area contributed by atoms with Crippen LogP contribution in [0.15, 0.2) is 53.4 Å². The van der Waals surface area contributed by atoms with Gasteiger partial charge in [-0.2, -0.15) is 0 Å². The van der Waals surface area contributed by atoms with E-state index >= 15 is 0 Å². The van der Waals surface area contributed by atoms with Crippen LogP contribution in [0.3, 0.4) is 0 Å². The van der Waals surface area contributed by atoms with Crippen molar-refractivity contribution in [3.8, 4) is 0 Å². The first kappa shape index (κ1) is 15.1. The second-order valence-electron chi connectivity index (χ2n) is 4.36. The summed E-state index contributed by atoms with van der Waals surface area (Å²) in [7, 11) is 0. The van der Waals surface area contributed by atoms with E-state index < -0.39 is 0 Å². The maximum absolute atomic E-state index is 12.0. The highest BCUT2D eigenvalue weighted by molar-refractivity contribution is 9.08. The van der Waals surface area contributed by atoms with E-state index in [9.17, 15) is 4.79 Å². The van der Waals surface area contributed by atoms with Crippen LogP contribution in [0.4, 0.5) is 0 Å². The van der Waals surface area contributed by atoms with Crippen molar-refractivity contribution in [3.05, 3.63) is 65.2 Å². The van der Waals surface area contributed by atoms with Gasteiger partial charge >= 0.3 is 0 Å². The Hall–Kier alpha value is -1.26. The first-order valence-corrected chi connectivity index (χ1v) is 8.63. The fraction of sp³-hybridized carbons (Fsp3) is 0.188. The SMILES string of the molecule is CSc1ccc(C(=O)NCc2ccc(CBr)cc2)cc1. The van der Waals surface area contributed by atoms with Crippen molar-refractivity contribution >= 4 is 33.6 Å². The lowest BCUT2D eigenvalue weighted by atomic mass is 10.1. The summed E-state index contributed by atoms with van der Waals surface area (Å²) >= 11 is 5.08. The number of amides is 1. The van der Waals surface area contributed by atoms with Crippen molar-refractivity contribution in [1.82, 2.24) is 5.32 Å². The van der Waals surface area contributed by atoms with E-state index in [2.05, 4.69) is 33.4 Å². The maximum atomic E-state index is 12.0. The molecule has 4 heteroatoms. The second-order valence-corrected chi connectivity index (χ2v) is 5.80. The first-order chi connectivity index (χ1) is 9.72. The van der Waals surface area contributed by atoms with Crippen LogP contribution >= 0.6 is 27.7 Å². The van der Waals surface area contributed by atoms with Crippen LogP contribution in [0.5, 0.6) is 0 Å². The molecule has 0 radical (unpaired) electrons. The Morgan fingerprint density at radius 1 is 1.05 bits per heavy atom. The minimum absolute atomic E-state index is 0.0396. The quantitative estimate of drug-likeness (QED) is 0.646. The van der Waals surface area contributed by atoms with Crippen molar-refractivity contribution in [2.24, 2.45) is 0 Å². The third-order valence-electron chi connectivity index (χ3n) is 2.98. The number of rotatable bonds is 5. The van der Waals surface area contributed by atoms with E-state index in [0.29, 0.717) is 12.1 Å². The number of hydrogen-bond acceptors (Lipinski definition) is 2. The summed E-state index contributed by atoms with van der Waals surface area (Å²) in [5.74, 6) is -0.0396. The fourth-order valence-corrected chi connectivity index (χ4v) is 2.56. The lowest BCUT2D eigenvalue weighted by molar-refractivity contribution is 0.0951. The molecule has 0 saturated heterocycles. The molecule has 0 aliphatic heterocycles. The number of thioether (sulfide) groups is 1. The molecule has 0 heterocycles. The van der Waals surface area contributed by atoms with Gasteiger partial charge in [0.2, 0.25) is 0 Å². The number of carbonyl (C=O) groups is 1. The number of alkyl halides is 1. The number of nitrogens with one attached hydrogen (secondary N) is 1. The Morgan fingerprint density at radius 3 is 2.20 bits per heavy atom. The number of halogens is 1. The van der Waals surface area contributed by atoms with Crippen LogP contribution in [0, 0.1) is 0 Å². The van der Waals surface area contributed by atoms with Crippen LogP contribution in [-0.2, 0) is 11.9 Å². The van der Waals surface area contributed by atoms with E-state index in [1.165, 1.54) is 5.56 Å². The fourth-order valence-electron chi connectivity index (χ4n) is 1.77. The minimum atomic E-state index is -0.0396. The van der Waals surface area contributed by atoms with Crippen LogP contribution in [0.25, 0.3) is 0 Å². The normalized spacial score (nSPS) is 10.3. The molecule has 1 amide bonds. The lowest BCUT2D eigenvalue weighted by Crippen LogP contribution is -2.22. The van der Waals surface area contributed by atoms with Gasteiger partial charge in [-0.25, -0.2) is 0 Å². The molecule has 0 aliphatic carbocycles. The summed E-state index contributed by atoms with van der Waals surface area (Å²) in [6.45, 7) is 0.547. The molecule has 0 spiro atoms. The van der Waals surface area contributed by atoms with Gasteiger partial charge in [0.1, 0.15) is 0 Å². The van der Waals surface area contributed by atoms with Crippen molar-refractivity contribution in [2.75, 3.05) is 6.26 Å². The van der Waals surface area contributed by atoms with E-state index in [1.54, 1.807) is 11.8 Å². The molecule has 0 fully saturated rings. The molecule has 2 nitrogen and oxygen atoms in total. The van der Waals surface area contributed by atoms with Gasteiger partial charge in [-0.3, -0.25) is 4.79 Å². The molecule has 0 aliphatic rings. The number of benzene rings is 2. The standard InChI is InChI=1S/C16H16BrNOS/c1-20-15-8-6-14(7-9-15)16(19)18-11-13-4-2-12(10-17)3-5-13/h2-9H,10-11H2,1H3,(H,18,19). The monoisotopic (exact) mass is 349 g/mol. The molecule has 0 aromatic heterocycles. The van der Waals surface area contributed by atoms with Gasteiger partial charge in [0.05, 0.1) is 0 Å². The molecule has 2 rings (SSSR count). The summed E-state index contributed by atoms with van der Waals surface area (Å²) in [5.41, 5.74) is 3.02. The van der Waals surface area contributed by atoms with E-state index in [1.807, 2.05) is 42.7 Å². The van der Waals surface area contributed by atoms with Gasteiger partial charge in [0.25, 0.3) is 5.91 Å². The Morgan fingerprint density at radius 2 is 1.65 bits per heavy atom. The molecule has 20 heavy (non-hydrogen) atoms. The van der Waals surface area contributed by atoms with Crippen LogP contribution in [-0.4, -0.2) is 12.2 Å². The smallest absolute Gasteiger partial charge is 0.251 e. The van der Waals surface area contributed by atoms with E-state index in [4.69, 9.17) is 0 Å². The highest BCUT2D eigenvalue weighted by Gasteiger charge is 2.05. The van der Waals surface area contributed by atoms with Gasteiger partial charge in [-0.05, 0) is 41.6 Å². The van der Waals surface area contributed by atoms with Crippen molar-refractivity contribution < 1.29 is 4.79 Å². The molecule has 0 unspecified atom stereocenters. The highest BCUT2D eigenvalue weighted by atomic mass is 79.9. The van der Waals surface area contributed by atoms with Crippen LogP contribution < -0.4 is 5.32 Å². The Bertz CT molecular complexity index is 566. The molecule has 0 bridgehead atoms. The molecule has 2 aromatic carbocycles. The first-order valence-electron chi connectivity index (χ1n) is 6.29. The van der Waals surface area contributed by atoms with E-state index in [0.717, 1.165) is 15.8 Å². The molecule has 0 saturated carbocycles. The van der Waals surface area contributed by atoms with Crippen molar-refractivity contribution in [3.63, 3.8) is 0 Å². The summed E-state index contributed by atoms with van der Waals surface area (Å²) in [4.78, 5) is 13.2. The molecule has 0 atom stereocenters. The maximum Gasteiger partial charge on any atom is 0.251 e. The third-order valence-corrected chi connectivity index (χ3v) is 4.37. The predicted molar refractivity (Wildman–Crippen MR) is 88.5 cm³/mol. The Labute approximate surface area is 132 Å². The Balaban J connectivity index is 1.93. The molecular formula is C16H16BrNOS. The summed E-state index contributed by atoms with van der Waals surface area (Å²) < 4.78 is 0. The number of hydrogen-bond donors (Lipinski definition) is 1. The van der Waals surface area contributed by atoms with Crippen LogP contribution in [0.1, 0.15) is 21.5 Å². The van der Waals surface area contributed by atoms with Gasteiger partial charge < -0.3 is 5.32 Å². The van der Waals surface area contributed by atoms with Gasteiger partial charge in [-0.1, -0.05) is 40.2 Å². The second kappa shape index (κ2) is 7.50. The third kappa shape index (κ3) is 4.12. The van der Waals surface area contributed by atoms with E-state index in [-0.39, 0.29) is 5.91 Å². The zero-order chi connectivity index (χ0) is 14.4. The van der Waals surface area contributed by atoms with Crippen molar-refractivity contribution in [2.45, 2.75) is 16.8 Å². The summed E-state index contributed by atoms with van der Waals surface area (Å²) in [6.07, 6.45) is 2.02. The van der Waals surface area contributed by atoms with Gasteiger partial charge in [0.15, 0.2) is 0 Å². The highest BCUT2D eigenvalue weighted by Crippen LogP contribution is 2.15. The largest absolute Gasteiger partial charge is 0.348 e. The lowest BCUT2D eigenvalue weighted by Gasteiger charge is -2.06. The van der Waals surface area contributed by atoms with Gasteiger partial charge in [-0.15, -0.1) is 11.8 Å². The summed E-state index contributed by atoms with van der Waals surface area (Å²) in [6, 6.07) is 15.8. The van der Waals surface area contributed by atoms with Crippen LogP contribution in [0.2, 0.25) is 0 Å². The van der Waals surface area contributed by atoms with Gasteiger partial charge in [0, 0.05) is 22.3 Å². The number of carbonyl (C=O) groups excluding carboxylic acids is 1. The average molecular weight is 350 g/mol. The molecule has 1 N–H and O–H groups in total. The minimum Gasteiger partial charge on any atom is -0.348 e. The molecule has 2 aromatic rings. The van der Waals surface area contributed by atoms with Crippen molar-refractivity contribution in [1.29, 1.82) is 0 Å².